The maximum atomic E-state index is 11.6. The first kappa shape index (κ1) is 16.1. The van der Waals surface area contributed by atoms with Gasteiger partial charge in [-0.15, -0.1) is 5.10 Å². The molecule has 1 unspecified atom stereocenters. The predicted molar refractivity (Wildman–Crippen MR) is 73.7 cm³/mol. The Labute approximate surface area is 118 Å². The Bertz CT molecular complexity index is 457. The van der Waals surface area contributed by atoms with Crippen LogP contribution >= 0.6 is 0 Å². The van der Waals surface area contributed by atoms with Crippen LogP contribution in [0.4, 0.5) is 4.79 Å². The van der Waals surface area contributed by atoms with Crippen LogP contribution in [0.15, 0.2) is 6.20 Å². The summed E-state index contributed by atoms with van der Waals surface area (Å²) in [7, 11) is 0. The first-order valence-corrected chi connectivity index (χ1v) is 6.68. The van der Waals surface area contributed by atoms with E-state index in [1.54, 1.807) is 6.20 Å². The summed E-state index contributed by atoms with van der Waals surface area (Å²) < 4.78 is 1.36. The van der Waals surface area contributed by atoms with Gasteiger partial charge in [-0.05, 0) is 20.3 Å². The van der Waals surface area contributed by atoms with Gasteiger partial charge in [-0.1, -0.05) is 18.6 Å². The molecule has 1 atom stereocenters. The smallest absolute Gasteiger partial charge is 0.321 e. The van der Waals surface area contributed by atoms with Crippen LogP contribution in [-0.2, 0) is 11.3 Å². The molecule has 0 aliphatic rings. The second kappa shape index (κ2) is 7.59. The summed E-state index contributed by atoms with van der Waals surface area (Å²) in [6.45, 7) is 5.58. The van der Waals surface area contributed by atoms with Crippen LogP contribution in [0, 0.1) is 0 Å². The van der Waals surface area contributed by atoms with Crippen LogP contribution in [0.25, 0.3) is 0 Å². The molecule has 0 spiro atoms. The molecule has 0 saturated carbocycles. The van der Waals surface area contributed by atoms with E-state index in [0.717, 1.165) is 12.8 Å². The Hall–Kier alpha value is -1.96. The number of nitrogens with zero attached hydrogens (tertiary/aromatic N) is 3. The summed E-state index contributed by atoms with van der Waals surface area (Å²) in [6, 6.07) is -0.734. The Kier molecular flexibility index (Phi) is 6.10. The topological polar surface area (TPSA) is 115 Å². The summed E-state index contributed by atoms with van der Waals surface area (Å²) in [4.78, 5) is 23.0. The van der Waals surface area contributed by atoms with E-state index >= 15 is 0 Å². The van der Waals surface area contributed by atoms with Crippen LogP contribution < -0.4 is 16.4 Å². The molecular weight excluding hydrogens is 260 g/mol. The molecule has 0 aliphatic heterocycles. The molecule has 1 aromatic rings. The number of aromatic nitrogens is 3. The van der Waals surface area contributed by atoms with E-state index in [1.807, 2.05) is 20.8 Å². The largest absolute Gasteiger partial charge is 0.336 e. The molecule has 1 rings (SSSR count). The van der Waals surface area contributed by atoms with Gasteiger partial charge in [0.15, 0.2) is 0 Å². The van der Waals surface area contributed by atoms with Gasteiger partial charge in [0.2, 0.25) is 5.91 Å². The molecule has 4 N–H and O–H groups in total. The van der Waals surface area contributed by atoms with Crippen molar-refractivity contribution in [3.63, 3.8) is 0 Å². The number of hydrogen-bond donors (Lipinski definition) is 3. The summed E-state index contributed by atoms with van der Waals surface area (Å²) in [5.74, 6) is -0.455. The van der Waals surface area contributed by atoms with Gasteiger partial charge in [-0.3, -0.25) is 10.1 Å². The predicted octanol–water partition coefficient (Wildman–Crippen LogP) is 0.312. The second-order valence-corrected chi connectivity index (χ2v) is 4.91. The third kappa shape index (κ3) is 5.35. The lowest BCUT2D eigenvalue weighted by Gasteiger charge is -2.08. The molecule has 0 radical (unpaired) electrons. The van der Waals surface area contributed by atoms with Crippen LogP contribution in [0.3, 0.4) is 0 Å². The highest BCUT2D eigenvalue weighted by molar-refractivity contribution is 5.94. The number of urea groups is 1. The van der Waals surface area contributed by atoms with E-state index in [2.05, 4.69) is 20.9 Å². The van der Waals surface area contributed by atoms with Crippen molar-refractivity contribution in [1.29, 1.82) is 0 Å². The van der Waals surface area contributed by atoms with E-state index in [0.29, 0.717) is 5.69 Å². The molecule has 1 heterocycles. The first-order chi connectivity index (χ1) is 9.42. The van der Waals surface area contributed by atoms with Crippen molar-refractivity contribution < 1.29 is 9.59 Å². The molecule has 8 heteroatoms. The number of imide groups is 1. The number of amides is 3. The fourth-order valence-corrected chi connectivity index (χ4v) is 1.63. The molecule has 112 valence electrons. The van der Waals surface area contributed by atoms with Crippen LogP contribution in [0.2, 0.25) is 0 Å². The molecule has 8 nitrogen and oxygen atoms in total. The van der Waals surface area contributed by atoms with Gasteiger partial charge < -0.3 is 11.1 Å². The van der Waals surface area contributed by atoms with Crippen LogP contribution in [0.5, 0.6) is 0 Å². The van der Waals surface area contributed by atoms with Gasteiger partial charge in [0.25, 0.3) is 0 Å². The van der Waals surface area contributed by atoms with Gasteiger partial charge in [0.1, 0.15) is 6.54 Å². The lowest BCUT2D eigenvalue weighted by Crippen LogP contribution is -2.43. The zero-order valence-electron chi connectivity index (χ0n) is 12.1. The van der Waals surface area contributed by atoms with E-state index in [-0.39, 0.29) is 18.6 Å². The van der Waals surface area contributed by atoms with E-state index in [4.69, 9.17) is 5.73 Å². The van der Waals surface area contributed by atoms with E-state index in [9.17, 15) is 9.59 Å². The molecule has 20 heavy (non-hydrogen) atoms. The molecule has 0 aliphatic carbocycles. The van der Waals surface area contributed by atoms with Gasteiger partial charge in [0, 0.05) is 6.04 Å². The molecule has 0 bridgehead atoms. The fraction of sp³-hybridized carbons (Fsp3) is 0.667. The summed E-state index contributed by atoms with van der Waals surface area (Å²) in [5.41, 5.74) is 6.55. The minimum Gasteiger partial charge on any atom is -0.336 e. The molecule has 1 aromatic heterocycles. The minimum atomic E-state index is -0.520. The average molecular weight is 282 g/mol. The average Bonchev–Trinajstić information content (AvgIpc) is 2.76. The number of carbonyl (C=O) groups is 2. The maximum Gasteiger partial charge on any atom is 0.321 e. The second-order valence-electron chi connectivity index (χ2n) is 4.91. The van der Waals surface area contributed by atoms with Gasteiger partial charge in [-0.25, -0.2) is 9.48 Å². The van der Waals surface area contributed by atoms with Crippen LogP contribution in [-0.4, -0.2) is 33.0 Å². The maximum absolute atomic E-state index is 11.6. The Morgan fingerprint density at radius 2 is 2.15 bits per heavy atom. The molecule has 0 fully saturated rings. The number of rotatable bonds is 6. The quantitative estimate of drug-likeness (QED) is 0.694. The number of nitrogens with two attached hydrogens (primary N) is 1. The van der Waals surface area contributed by atoms with Crippen molar-refractivity contribution in [2.24, 2.45) is 5.73 Å². The third-order valence-corrected chi connectivity index (χ3v) is 2.51. The van der Waals surface area contributed by atoms with E-state index in [1.165, 1.54) is 4.68 Å². The summed E-state index contributed by atoms with van der Waals surface area (Å²) in [5, 5.41) is 12.5. The molecule has 3 amide bonds. The standard InChI is InChI=1S/C12H22N6O2/c1-4-5-9(13)10-6-18(17-16-10)7-11(19)15-12(20)14-8(2)3/h6,8-9H,4-5,7,13H2,1-3H3,(H2,14,15,19,20). The van der Waals surface area contributed by atoms with Crippen molar-refractivity contribution in [3.05, 3.63) is 11.9 Å². The van der Waals surface area contributed by atoms with Crippen molar-refractivity contribution in [3.8, 4) is 0 Å². The highest BCUT2D eigenvalue weighted by Crippen LogP contribution is 2.11. The highest BCUT2D eigenvalue weighted by Gasteiger charge is 2.13. The SMILES string of the molecule is CCCC(N)c1cn(CC(=O)NC(=O)NC(C)C)nn1. The summed E-state index contributed by atoms with van der Waals surface area (Å²) >= 11 is 0. The number of nitrogens with one attached hydrogen (secondary N) is 2. The van der Waals surface area contributed by atoms with Crippen LogP contribution in [0.1, 0.15) is 45.3 Å². The third-order valence-electron chi connectivity index (χ3n) is 2.51. The number of hydrogen-bond acceptors (Lipinski definition) is 5. The van der Waals surface area contributed by atoms with E-state index < -0.39 is 11.9 Å². The zero-order chi connectivity index (χ0) is 15.1. The Morgan fingerprint density at radius 3 is 2.75 bits per heavy atom. The number of carbonyl (C=O) groups excluding carboxylic acids is 2. The normalized spacial score (nSPS) is 12.2. The molecule has 0 saturated heterocycles. The van der Waals surface area contributed by atoms with Crippen molar-refractivity contribution in [2.75, 3.05) is 0 Å². The van der Waals surface area contributed by atoms with Crippen molar-refractivity contribution in [2.45, 2.75) is 52.2 Å². The lowest BCUT2D eigenvalue weighted by atomic mass is 10.1. The van der Waals surface area contributed by atoms with Crippen molar-refractivity contribution >= 4 is 11.9 Å². The molecular formula is C12H22N6O2. The highest BCUT2D eigenvalue weighted by atomic mass is 16.2. The Balaban J connectivity index is 2.48. The van der Waals surface area contributed by atoms with Gasteiger partial charge in [-0.2, -0.15) is 0 Å². The first-order valence-electron chi connectivity index (χ1n) is 6.68. The minimum absolute atomic E-state index is 0.0344. The van der Waals surface area contributed by atoms with Gasteiger partial charge >= 0.3 is 6.03 Å². The monoisotopic (exact) mass is 282 g/mol. The fourth-order valence-electron chi connectivity index (χ4n) is 1.63. The molecule has 0 aromatic carbocycles. The summed E-state index contributed by atoms with van der Waals surface area (Å²) in [6.07, 6.45) is 3.38. The van der Waals surface area contributed by atoms with Gasteiger partial charge in [0.05, 0.1) is 17.9 Å². The lowest BCUT2D eigenvalue weighted by molar-refractivity contribution is -0.120. The Morgan fingerprint density at radius 1 is 1.45 bits per heavy atom. The zero-order valence-corrected chi connectivity index (χ0v) is 12.1. The van der Waals surface area contributed by atoms with Crippen molar-refractivity contribution in [1.82, 2.24) is 25.6 Å².